The number of aromatic nitrogens is 1. The van der Waals surface area contributed by atoms with Crippen molar-refractivity contribution in [3.8, 4) is 5.88 Å². The van der Waals surface area contributed by atoms with Gasteiger partial charge in [0.05, 0.1) is 6.54 Å². The highest BCUT2D eigenvalue weighted by Gasteiger charge is 2.01. The third-order valence-electron chi connectivity index (χ3n) is 4.10. The number of pyridine rings is 1. The fourth-order valence-corrected chi connectivity index (χ4v) is 2.55. The van der Waals surface area contributed by atoms with E-state index in [1.165, 1.54) is 5.56 Å². The molecule has 0 saturated heterocycles. The van der Waals surface area contributed by atoms with Crippen LogP contribution in [0.3, 0.4) is 0 Å². The monoisotopic (exact) mass is 488 g/mol. The normalized spacial score (nSPS) is 10.8. The Morgan fingerprint density at radius 2 is 1.75 bits per heavy atom. The summed E-state index contributed by atoms with van der Waals surface area (Å²) in [4.78, 5) is 8.64. The highest BCUT2D eigenvalue weighted by atomic mass is 127. The lowest BCUT2D eigenvalue weighted by molar-refractivity contribution is 0.293. The third-order valence-corrected chi connectivity index (χ3v) is 4.10. The van der Waals surface area contributed by atoms with Crippen LogP contribution in [0.4, 0.5) is 5.69 Å². The van der Waals surface area contributed by atoms with Gasteiger partial charge in [-0.05, 0) is 41.3 Å². The summed E-state index contributed by atoms with van der Waals surface area (Å²) in [5.74, 6) is 0.955. The van der Waals surface area contributed by atoms with Crippen molar-refractivity contribution in [2.45, 2.75) is 26.5 Å². The Kier molecular flexibility index (Phi) is 8.74. The van der Waals surface area contributed by atoms with Crippen LogP contribution in [0.2, 0.25) is 0 Å². The zero-order valence-corrected chi connectivity index (χ0v) is 18.2. The molecule has 0 fully saturated rings. The quantitative estimate of drug-likeness (QED) is 0.286. The first-order valence-electron chi connectivity index (χ1n) is 9.00. The molecule has 0 aliphatic carbocycles. The van der Waals surface area contributed by atoms with E-state index >= 15 is 0 Å². The summed E-state index contributed by atoms with van der Waals surface area (Å²) in [6.45, 7) is 3.07. The number of anilines is 1. The minimum atomic E-state index is 0. The summed E-state index contributed by atoms with van der Waals surface area (Å²) in [6.07, 6.45) is 2.73. The second-order valence-electron chi connectivity index (χ2n) is 6.15. The minimum absolute atomic E-state index is 0. The molecule has 3 aromatic rings. The number of nitrogens with two attached hydrogens (primary N) is 1. The zero-order chi connectivity index (χ0) is 18.9. The maximum absolute atomic E-state index is 5.99. The van der Waals surface area contributed by atoms with Gasteiger partial charge in [0.1, 0.15) is 6.61 Å². The molecule has 0 aliphatic rings. The van der Waals surface area contributed by atoms with E-state index in [2.05, 4.69) is 34.3 Å². The van der Waals surface area contributed by atoms with Gasteiger partial charge in [-0.3, -0.25) is 0 Å². The number of halogens is 1. The van der Waals surface area contributed by atoms with Gasteiger partial charge in [0, 0.05) is 18.0 Å². The van der Waals surface area contributed by atoms with Gasteiger partial charge in [-0.15, -0.1) is 24.0 Å². The molecule has 1 aromatic heterocycles. The van der Waals surface area contributed by atoms with Crippen LogP contribution in [0.1, 0.15) is 23.6 Å². The van der Waals surface area contributed by atoms with Crippen LogP contribution in [0, 0.1) is 0 Å². The molecule has 146 valence electrons. The van der Waals surface area contributed by atoms with Gasteiger partial charge >= 0.3 is 0 Å². The Labute approximate surface area is 183 Å². The highest BCUT2D eigenvalue weighted by molar-refractivity contribution is 14.0. The summed E-state index contributed by atoms with van der Waals surface area (Å²) in [5, 5.41) is 3.11. The molecular formula is C22H25IN4O. The summed E-state index contributed by atoms with van der Waals surface area (Å²) >= 11 is 0. The molecule has 0 unspecified atom stereocenters. The Morgan fingerprint density at radius 3 is 2.46 bits per heavy atom. The van der Waals surface area contributed by atoms with Crippen LogP contribution in [-0.2, 0) is 19.6 Å². The predicted octanol–water partition coefficient (Wildman–Crippen LogP) is 4.77. The molecule has 0 spiro atoms. The first kappa shape index (κ1) is 21.7. The third kappa shape index (κ3) is 6.84. The van der Waals surface area contributed by atoms with Crippen LogP contribution in [-0.4, -0.2) is 10.9 Å². The number of ether oxygens (including phenoxy) is 1. The van der Waals surface area contributed by atoms with Crippen molar-refractivity contribution in [1.29, 1.82) is 0 Å². The number of hydrogen-bond acceptors (Lipinski definition) is 3. The molecule has 0 bridgehead atoms. The molecule has 28 heavy (non-hydrogen) atoms. The molecule has 2 aromatic carbocycles. The van der Waals surface area contributed by atoms with Gasteiger partial charge in [0.15, 0.2) is 5.96 Å². The SMILES string of the molecule is CCc1ccc(NC(N)=NCc2ccnc(OCc3ccccc3)c2)cc1.I. The van der Waals surface area contributed by atoms with Crippen molar-refractivity contribution in [2.24, 2.45) is 10.7 Å². The fraction of sp³-hybridized carbons (Fsp3) is 0.182. The first-order chi connectivity index (χ1) is 13.2. The minimum Gasteiger partial charge on any atom is -0.473 e. The molecule has 5 nitrogen and oxygen atoms in total. The van der Waals surface area contributed by atoms with Gasteiger partial charge in [0.2, 0.25) is 5.88 Å². The van der Waals surface area contributed by atoms with Crippen molar-refractivity contribution in [3.63, 3.8) is 0 Å². The van der Waals surface area contributed by atoms with Crippen molar-refractivity contribution in [3.05, 3.63) is 89.6 Å². The average Bonchev–Trinajstić information content (AvgIpc) is 2.72. The van der Waals surface area contributed by atoms with Crippen LogP contribution in [0.25, 0.3) is 0 Å². The van der Waals surface area contributed by atoms with E-state index in [1.54, 1.807) is 6.20 Å². The zero-order valence-electron chi connectivity index (χ0n) is 15.8. The van der Waals surface area contributed by atoms with E-state index in [-0.39, 0.29) is 24.0 Å². The number of hydrogen-bond donors (Lipinski definition) is 2. The summed E-state index contributed by atoms with van der Waals surface area (Å²) in [6, 6.07) is 22.0. The van der Waals surface area contributed by atoms with Crippen molar-refractivity contribution >= 4 is 35.6 Å². The standard InChI is InChI=1S/C22H24N4O.HI/c1-2-17-8-10-20(11-9-17)26-22(23)25-15-19-12-13-24-21(14-19)27-16-18-6-4-3-5-7-18;/h3-14H,2,15-16H2,1H3,(H3,23,25,26);1H. The molecular weight excluding hydrogens is 463 g/mol. The second kappa shape index (κ2) is 11.3. The lowest BCUT2D eigenvalue weighted by Gasteiger charge is -2.08. The van der Waals surface area contributed by atoms with Crippen molar-refractivity contribution < 1.29 is 4.74 Å². The van der Waals surface area contributed by atoms with E-state index in [0.29, 0.717) is 25.0 Å². The maximum Gasteiger partial charge on any atom is 0.213 e. The lowest BCUT2D eigenvalue weighted by Crippen LogP contribution is -2.22. The predicted molar refractivity (Wildman–Crippen MR) is 125 cm³/mol. The maximum atomic E-state index is 5.99. The van der Waals surface area contributed by atoms with Crippen molar-refractivity contribution in [1.82, 2.24) is 4.98 Å². The molecule has 0 radical (unpaired) electrons. The van der Waals surface area contributed by atoms with E-state index in [0.717, 1.165) is 23.2 Å². The number of nitrogens with zero attached hydrogens (tertiary/aromatic N) is 2. The molecule has 0 amide bonds. The van der Waals surface area contributed by atoms with E-state index in [9.17, 15) is 0 Å². The molecule has 6 heteroatoms. The summed E-state index contributed by atoms with van der Waals surface area (Å²) < 4.78 is 5.75. The summed E-state index contributed by atoms with van der Waals surface area (Å²) in [7, 11) is 0. The van der Waals surface area contributed by atoms with E-state index < -0.39 is 0 Å². The van der Waals surface area contributed by atoms with Crippen LogP contribution in [0.15, 0.2) is 77.9 Å². The Morgan fingerprint density at radius 1 is 1.00 bits per heavy atom. The molecule has 1 heterocycles. The molecule has 0 saturated carbocycles. The van der Waals surface area contributed by atoms with Crippen molar-refractivity contribution in [2.75, 3.05) is 5.32 Å². The summed E-state index contributed by atoms with van der Waals surface area (Å²) in [5.41, 5.74) is 10.3. The van der Waals surface area contributed by atoms with Gasteiger partial charge in [-0.25, -0.2) is 9.98 Å². The van der Waals surface area contributed by atoms with Gasteiger partial charge in [-0.1, -0.05) is 49.4 Å². The largest absolute Gasteiger partial charge is 0.473 e. The first-order valence-corrected chi connectivity index (χ1v) is 9.00. The molecule has 0 atom stereocenters. The highest BCUT2D eigenvalue weighted by Crippen LogP contribution is 2.13. The molecule has 3 rings (SSSR count). The topological polar surface area (TPSA) is 72.5 Å². The van der Waals surface area contributed by atoms with Crippen LogP contribution in [0.5, 0.6) is 5.88 Å². The molecule has 3 N–H and O–H groups in total. The molecule has 0 aliphatic heterocycles. The number of aryl methyl sites for hydroxylation is 1. The smallest absolute Gasteiger partial charge is 0.213 e. The Hall–Kier alpha value is -2.61. The van der Waals surface area contributed by atoms with Crippen LogP contribution >= 0.6 is 24.0 Å². The van der Waals surface area contributed by atoms with E-state index in [4.69, 9.17) is 10.5 Å². The Balaban J connectivity index is 0.00000280. The number of nitrogens with one attached hydrogen (secondary N) is 1. The van der Waals surface area contributed by atoms with Gasteiger partial charge in [-0.2, -0.15) is 0 Å². The number of aliphatic imine (C=N–C) groups is 1. The fourth-order valence-electron chi connectivity index (χ4n) is 2.55. The second-order valence-corrected chi connectivity index (χ2v) is 6.15. The number of rotatable bonds is 7. The van der Waals surface area contributed by atoms with E-state index in [1.807, 2.05) is 54.6 Å². The number of guanidine groups is 1. The van der Waals surface area contributed by atoms with Gasteiger partial charge < -0.3 is 15.8 Å². The van der Waals surface area contributed by atoms with Gasteiger partial charge in [0.25, 0.3) is 0 Å². The average molecular weight is 488 g/mol. The lowest BCUT2D eigenvalue weighted by atomic mass is 10.1. The van der Waals surface area contributed by atoms with Crippen LogP contribution < -0.4 is 15.8 Å². The Bertz CT molecular complexity index is 883. The number of benzene rings is 2.